The average Bonchev–Trinajstić information content (AvgIpc) is 3.05. The van der Waals surface area contributed by atoms with Gasteiger partial charge in [0.25, 0.3) is 0 Å². The highest BCUT2D eigenvalue weighted by atomic mass is 19.4. The smallest absolute Gasteiger partial charge is 0.406 e. The van der Waals surface area contributed by atoms with Crippen molar-refractivity contribution in [2.75, 3.05) is 4.90 Å². The Balaban J connectivity index is 1.39. The van der Waals surface area contributed by atoms with Crippen molar-refractivity contribution in [1.82, 2.24) is 0 Å². The number of halogens is 3. The quantitative estimate of drug-likeness (QED) is 0.149. The maximum atomic E-state index is 13.0. The van der Waals surface area contributed by atoms with E-state index in [1.54, 1.807) is 12.1 Å². The molecule has 0 aromatic heterocycles. The molecule has 8 aromatic rings. The van der Waals surface area contributed by atoms with Crippen LogP contribution in [0.25, 0.3) is 54.2 Å². The molecular weight excluding hydrogens is 555 g/mol. The molecule has 0 bridgehead atoms. The molecule has 0 unspecified atom stereocenters. The van der Waals surface area contributed by atoms with Crippen LogP contribution in [0.5, 0.6) is 5.75 Å². The summed E-state index contributed by atoms with van der Waals surface area (Å²) >= 11 is 0. The molecule has 0 aliphatic rings. The van der Waals surface area contributed by atoms with Gasteiger partial charge in [-0.25, -0.2) is 0 Å². The largest absolute Gasteiger partial charge is 0.573 e. The van der Waals surface area contributed by atoms with Crippen molar-refractivity contribution >= 4 is 60.2 Å². The second-order valence-electron chi connectivity index (χ2n) is 10.9. The minimum Gasteiger partial charge on any atom is -0.406 e. The molecule has 0 heterocycles. The monoisotopic (exact) mass is 579 g/mol. The SMILES string of the molecule is FC(F)(F)Oc1ccc(N(c2cccc(-c3ccccc3)c2)c2ccc3c4cccc5cccc(c6cccc2c63)c54)cc1. The van der Waals surface area contributed by atoms with Crippen LogP contribution in [-0.2, 0) is 0 Å². The highest BCUT2D eigenvalue weighted by molar-refractivity contribution is 6.34. The minimum absolute atomic E-state index is 0.263. The van der Waals surface area contributed by atoms with E-state index >= 15 is 0 Å². The van der Waals surface area contributed by atoms with Crippen molar-refractivity contribution in [1.29, 1.82) is 0 Å². The Morgan fingerprint density at radius 2 is 1.05 bits per heavy atom. The fourth-order valence-electron chi connectivity index (χ4n) is 6.50. The molecule has 2 nitrogen and oxygen atoms in total. The standard InChI is InChI=1S/C39H24F3NO/c40-39(41,42)44-30-20-18-28(19-21-30)43(29-13-4-12-27(24-29)25-8-2-1-3-9-25)36-23-22-34-32-15-6-11-26-10-5-14-31(37(26)32)33-16-7-17-35(36)38(33)34/h1-24H. The number of benzene rings is 8. The van der Waals surface area contributed by atoms with E-state index in [9.17, 15) is 13.2 Å². The van der Waals surface area contributed by atoms with Crippen LogP contribution in [0.1, 0.15) is 0 Å². The normalized spacial score (nSPS) is 12.0. The Labute approximate surface area is 251 Å². The van der Waals surface area contributed by atoms with Crippen molar-refractivity contribution < 1.29 is 17.9 Å². The Hall–Kier alpha value is -5.55. The second-order valence-corrected chi connectivity index (χ2v) is 10.9. The molecule has 0 amide bonds. The number of hydrogen-bond acceptors (Lipinski definition) is 2. The molecule has 0 radical (unpaired) electrons. The molecule has 0 saturated carbocycles. The predicted molar refractivity (Wildman–Crippen MR) is 174 cm³/mol. The highest BCUT2D eigenvalue weighted by Crippen LogP contribution is 2.46. The Kier molecular flexibility index (Phi) is 5.95. The van der Waals surface area contributed by atoms with Gasteiger partial charge in [-0.05, 0) is 91.3 Å². The third-order valence-corrected chi connectivity index (χ3v) is 8.28. The number of alkyl halides is 3. The molecule has 8 rings (SSSR count). The molecule has 0 aliphatic heterocycles. The molecular formula is C39H24F3NO. The van der Waals surface area contributed by atoms with Gasteiger partial charge in [-0.2, -0.15) is 0 Å². The molecule has 0 N–H and O–H groups in total. The van der Waals surface area contributed by atoms with Crippen molar-refractivity contribution in [2.24, 2.45) is 0 Å². The summed E-state index contributed by atoms with van der Waals surface area (Å²) in [5, 5.41) is 9.36. The minimum atomic E-state index is -4.76. The zero-order valence-corrected chi connectivity index (χ0v) is 23.3. The molecule has 0 fully saturated rings. The van der Waals surface area contributed by atoms with Crippen molar-refractivity contribution in [3.05, 3.63) is 146 Å². The highest BCUT2D eigenvalue weighted by Gasteiger charge is 2.31. The maximum Gasteiger partial charge on any atom is 0.573 e. The van der Waals surface area contributed by atoms with Gasteiger partial charge in [0.2, 0.25) is 0 Å². The molecule has 44 heavy (non-hydrogen) atoms. The van der Waals surface area contributed by atoms with Gasteiger partial charge >= 0.3 is 6.36 Å². The van der Waals surface area contributed by atoms with Crippen LogP contribution in [-0.4, -0.2) is 6.36 Å². The van der Waals surface area contributed by atoms with Crippen LogP contribution in [0.3, 0.4) is 0 Å². The van der Waals surface area contributed by atoms with E-state index in [1.165, 1.54) is 33.7 Å². The van der Waals surface area contributed by atoms with E-state index < -0.39 is 6.36 Å². The molecule has 0 aliphatic carbocycles. The van der Waals surface area contributed by atoms with E-state index in [-0.39, 0.29) is 5.75 Å². The summed E-state index contributed by atoms with van der Waals surface area (Å²) in [6, 6.07) is 47.9. The maximum absolute atomic E-state index is 13.0. The van der Waals surface area contributed by atoms with Gasteiger partial charge in [0.15, 0.2) is 0 Å². The average molecular weight is 580 g/mol. The summed E-state index contributed by atoms with van der Waals surface area (Å²) in [6.07, 6.45) is -4.76. The van der Waals surface area contributed by atoms with Gasteiger partial charge in [0, 0.05) is 16.8 Å². The van der Waals surface area contributed by atoms with Crippen LogP contribution in [0.15, 0.2) is 146 Å². The van der Waals surface area contributed by atoms with Crippen LogP contribution < -0.4 is 9.64 Å². The first-order chi connectivity index (χ1) is 21.4. The van der Waals surface area contributed by atoms with Gasteiger partial charge in [-0.1, -0.05) is 103 Å². The van der Waals surface area contributed by atoms with Crippen molar-refractivity contribution in [3.63, 3.8) is 0 Å². The fourth-order valence-corrected chi connectivity index (χ4v) is 6.50. The molecule has 212 valence electrons. The number of rotatable bonds is 5. The summed E-state index contributed by atoms with van der Waals surface area (Å²) < 4.78 is 43.1. The molecule has 8 aromatic carbocycles. The Bertz CT molecular complexity index is 2240. The number of hydrogen-bond donors (Lipinski definition) is 0. The first-order valence-electron chi connectivity index (χ1n) is 14.3. The lowest BCUT2D eigenvalue weighted by Gasteiger charge is -2.28. The zero-order valence-electron chi connectivity index (χ0n) is 23.3. The number of ether oxygens (including phenoxy) is 1. The van der Waals surface area contributed by atoms with Gasteiger partial charge < -0.3 is 9.64 Å². The predicted octanol–water partition coefficient (Wildman–Crippen LogP) is 11.8. The van der Waals surface area contributed by atoms with E-state index in [4.69, 9.17) is 0 Å². The first kappa shape index (κ1) is 26.1. The van der Waals surface area contributed by atoms with Crippen molar-refractivity contribution in [3.8, 4) is 16.9 Å². The van der Waals surface area contributed by atoms with Gasteiger partial charge in [0.05, 0.1) is 5.69 Å². The summed E-state index contributed by atoms with van der Waals surface area (Å²) in [5.74, 6) is -0.263. The van der Waals surface area contributed by atoms with E-state index in [1.807, 2.05) is 30.3 Å². The van der Waals surface area contributed by atoms with E-state index in [2.05, 4.69) is 101 Å². The third-order valence-electron chi connectivity index (χ3n) is 8.28. The molecule has 5 heteroatoms. The van der Waals surface area contributed by atoms with Gasteiger partial charge in [-0.3, -0.25) is 0 Å². The van der Waals surface area contributed by atoms with E-state index in [0.717, 1.165) is 44.0 Å². The summed E-state index contributed by atoms with van der Waals surface area (Å²) in [7, 11) is 0. The van der Waals surface area contributed by atoms with Crippen LogP contribution in [0.2, 0.25) is 0 Å². The van der Waals surface area contributed by atoms with E-state index in [0.29, 0.717) is 5.69 Å². The number of nitrogens with zero attached hydrogens (tertiary/aromatic N) is 1. The summed E-state index contributed by atoms with van der Waals surface area (Å²) in [5.41, 5.74) is 4.63. The third kappa shape index (κ3) is 4.36. The lowest BCUT2D eigenvalue weighted by Crippen LogP contribution is -2.17. The lowest BCUT2D eigenvalue weighted by molar-refractivity contribution is -0.274. The fraction of sp³-hybridized carbons (Fsp3) is 0.0256. The van der Waals surface area contributed by atoms with Crippen LogP contribution in [0.4, 0.5) is 30.2 Å². The topological polar surface area (TPSA) is 12.5 Å². The lowest BCUT2D eigenvalue weighted by atomic mass is 9.89. The zero-order chi connectivity index (χ0) is 29.8. The first-order valence-corrected chi connectivity index (χ1v) is 14.3. The molecule has 0 saturated heterocycles. The van der Waals surface area contributed by atoms with Crippen LogP contribution >= 0.6 is 0 Å². The second kappa shape index (κ2) is 10.0. The summed E-state index contributed by atoms with van der Waals surface area (Å²) in [6.45, 7) is 0. The number of anilines is 3. The summed E-state index contributed by atoms with van der Waals surface area (Å²) in [4.78, 5) is 2.10. The van der Waals surface area contributed by atoms with Gasteiger partial charge in [-0.15, -0.1) is 13.2 Å². The molecule has 0 atom stereocenters. The van der Waals surface area contributed by atoms with Crippen molar-refractivity contribution in [2.45, 2.75) is 6.36 Å². The molecule has 0 spiro atoms. The van der Waals surface area contributed by atoms with Crippen LogP contribution in [0, 0.1) is 0 Å². The Morgan fingerprint density at radius 3 is 1.75 bits per heavy atom. The van der Waals surface area contributed by atoms with Gasteiger partial charge in [0.1, 0.15) is 5.75 Å². The number of fused-ring (bicyclic) bond motifs is 2. The Morgan fingerprint density at radius 1 is 0.455 bits per heavy atom.